The van der Waals surface area contributed by atoms with Crippen molar-refractivity contribution >= 4 is 113 Å². The van der Waals surface area contributed by atoms with Gasteiger partial charge in [0.25, 0.3) is 0 Å². The maximum atomic E-state index is 12.6. The van der Waals surface area contributed by atoms with Gasteiger partial charge in [-0.15, -0.1) is 0 Å². The largest absolute Gasteiger partial charge is 1.00 e. The number of Topliss-reactive ketones (excluding diaryl/α,β-unsaturated/α-hetero) is 4. The number of benzene rings is 8. The smallest absolute Gasteiger partial charge is 0.550 e. The molecule has 0 saturated carbocycles. The number of pyridine rings is 3. The van der Waals surface area contributed by atoms with Crippen LogP contribution in [0.4, 0.5) is 22.7 Å². The Bertz CT molecular complexity index is 5800. The Kier molecular flexibility index (Phi) is 34.5. The van der Waals surface area contributed by atoms with E-state index in [1.807, 2.05) is 142 Å². The monoisotopic (exact) mass is 1800 g/mol. The van der Waals surface area contributed by atoms with Crippen LogP contribution in [0.15, 0.2) is 206 Å². The number of hydrogen-bond acceptors (Lipinski definition) is 16. The molecule has 0 aliphatic carbocycles. The standard InChI is InChI=1S/C25H26N2O.C25H24N2O.C24H28BNO3.C18H16BrNO.C7H8BrN.C2H4O2.C2H6O.K/c2*1-15-8-22-13-23(28)14-25(27-24(22)9-16(15)2)20-7-5-6-19(12-20)21-10-17(3)26-18(4)11-21;1-15-10-18-13-20(27)14-22(26-21(18)11-16(15)2)17-8-7-9-19(12-17)25-28-23(3,4)24(5,6)29-25;1-11-6-14-9-16(21)10-18(20-17(14)7-12(11)2)13-4-3-5-15(19)8-13;1-5-3-7(8)4-6(2)9-5;1-2(3)4;1-2-3;/h5-12,25,27H,13-14H2,1-4H3;5-12H,13-14H2,1-4H3;7-12H,13-14H2,1-6H3;3-8H,9-10H2,1-2H3;3-4H,1-2H3;1H3,(H,3,4);3H,2H2,1H3;/q;;;;;;;+1/p-1. The molecule has 123 heavy (non-hydrogen) atoms. The number of rotatable bonds is 7. The minimum absolute atomic E-state index is 0. The van der Waals surface area contributed by atoms with E-state index >= 15 is 0 Å². The van der Waals surface area contributed by atoms with Crippen molar-refractivity contribution < 1.29 is 94.9 Å². The van der Waals surface area contributed by atoms with Crippen molar-refractivity contribution in [2.45, 2.75) is 207 Å². The average Bonchev–Trinajstić information content (AvgIpc) is 1.62. The zero-order valence-corrected chi connectivity index (χ0v) is 81.3. The third-order valence-corrected chi connectivity index (χ3v) is 23.2. The second-order valence-corrected chi connectivity index (χ2v) is 35.2. The minimum Gasteiger partial charge on any atom is -0.550 e. The number of aliphatic imine (C=N–C) groups is 3. The third kappa shape index (κ3) is 27.1. The van der Waals surface area contributed by atoms with Crippen LogP contribution < -0.4 is 67.3 Å². The molecular weight excluding hydrogens is 1690 g/mol. The van der Waals surface area contributed by atoms with E-state index in [1.165, 1.54) is 50.1 Å². The molecule has 1 unspecified atom stereocenters. The van der Waals surface area contributed by atoms with Gasteiger partial charge in [0, 0.05) is 113 Å². The van der Waals surface area contributed by atoms with Crippen molar-refractivity contribution in [3.05, 3.63) is 314 Å². The predicted molar refractivity (Wildman–Crippen MR) is 501 cm³/mol. The number of halogens is 2. The van der Waals surface area contributed by atoms with Crippen LogP contribution in [-0.4, -0.2) is 91.2 Å². The quantitative estimate of drug-likeness (QED) is 0.141. The molecule has 1 fully saturated rings. The number of carbonyl (C=O) groups is 5. The van der Waals surface area contributed by atoms with Gasteiger partial charge in [-0.25, -0.2) is 0 Å². The van der Waals surface area contributed by atoms with Gasteiger partial charge in [0.05, 0.1) is 51.4 Å². The van der Waals surface area contributed by atoms with Crippen LogP contribution in [0, 0.1) is 96.9 Å². The molecule has 11 aromatic rings. The van der Waals surface area contributed by atoms with Crippen molar-refractivity contribution in [3.63, 3.8) is 0 Å². The average molecular weight is 1800 g/mol. The number of carbonyl (C=O) groups excluding carboxylic acids is 5. The van der Waals surface area contributed by atoms with Crippen LogP contribution in [0.2, 0.25) is 0 Å². The van der Waals surface area contributed by atoms with E-state index in [4.69, 9.17) is 39.3 Å². The SMILES string of the molecule is CC(=O)[O-].CCO.Cc1cc(-c2cccc(C3=Nc4cc(C)c(C)cc4CC(=O)C3)c2)cc(C)n1.Cc1cc(-c2cccc(C3CC(=O)Cc4cc(C)c(C)cc4N3)c2)cc(C)n1.Cc1cc(Br)cc(C)n1.Cc1cc2c(cc1C)N=C(c1cccc(B3OC(C)(C)C(C)(C)O3)c1)CC(=O)C2.Cc1cc2c(cc1C)N=C(c1cccc(Br)c1)CC(=O)C2.[K+]. The van der Waals surface area contributed by atoms with E-state index < -0.39 is 24.3 Å². The van der Waals surface area contributed by atoms with Gasteiger partial charge in [0.1, 0.15) is 23.1 Å². The first-order valence-electron chi connectivity index (χ1n) is 41.4. The first-order valence-corrected chi connectivity index (χ1v) is 43.0. The summed E-state index contributed by atoms with van der Waals surface area (Å²) in [5.74, 6) is -0.190. The summed E-state index contributed by atoms with van der Waals surface area (Å²) < 4.78 is 14.5. The second kappa shape index (κ2) is 43.6. The van der Waals surface area contributed by atoms with Gasteiger partial charge in [-0.05, 0) is 340 Å². The molecule has 8 heterocycles. The van der Waals surface area contributed by atoms with Crippen LogP contribution in [0.5, 0.6) is 0 Å². The number of aryl methyl sites for hydroxylation is 14. The normalized spacial score (nSPS) is 15.1. The molecule has 0 bridgehead atoms. The number of carboxylic acids is 1. The van der Waals surface area contributed by atoms with Crippen molar-refractivity contribution in [2.75, 3.05) is 11.9 Å². The number of ketones is 4. The zero-order chi connectivity index (χ0) is 88.8. The first-order chi connectivity index (χ1) is 57.7. The van der Waals surface area contributed by atoms with Crippen LogP contribution in [-0.2, 0) is 59.0 Å². The van der Waals surface area contributed by atoms with Gasteiger partial charge >= 0.3 is 58.5 Å². The molecule has 1 atom stereocenters. The molecule has 3 aromatic heterocycles. The number of fused-ring (bicyclic) bond motifs is 4. The Balaban J connectivity index is 0.000000175. The fraction of sp³-hybridized carbons (Fsp3) is 0.311. The summed E-state index contributed by atoms with van der Waals surface area (Å²) >= 11 is 6.85. The summed E-state index contributed by atoms with van der Waals surface area (Å²) in [5, 5.41) is 20.1. The van der Waals surface area contributed by atoms with E-state index in [0.29, 0.717) is 51.4 Å². The zero-order valence-electron chi connectivity index (χ0n) is 75.0. The fourth-order valence-electron chi connectivity index (χ4n) is 15.0. The number of aliphatic hydroxyl groups is 1. The maximum Gasteiger partial charge on any atom is 1.00 e. The van der Waals surface area contributed by atoms with Crippen LogP contribution >= 0.6 is 31.9 Å². The summed E-state index contributed by atoms with van der Waals surface area (Å²) in [6, 6.07) is 62.1. The van der Waals surface area contributed by atoms with Crippen LogP contribution in [0.1, 0.15) is 196 Å². The summed E-state index contributed by atoms with van der Waals surface area (Å²) in [7, 11) is -0.431. The number of carboxylic acid groups (broad SMARTS) is 1. The molecule has 2 N–H and O–H groups in total. The van der Waals surface area contributed by atoms with Gasteiger partial charge in [-0.3, -0.25) is 49.1 Å². The molecule has 1 saturated heterocycles. The van der Waals surface area contributed by atoms with E-state index in [2.05, 4.69) is 217 Å². The third-order valence-electron chi connectivity index (χ3n) is 22.2. The predicted octanol–water partition coefficient (Wildman–Crippen LogP) is 18.4. The van der Waals surface area contributed by atoms with Gasteiger partial charge < -0.3 is 29.6 Å². The molecule has 0 spiro atoms. The first kappa shape index (κ1) is 97.5. The van der Waals surface area contributed by atoms with Crippen molar-refractivity contribution in [1.82, 2.24) is 15.0 Å². The number of aliphatic carboxylic acids is 1. The van der Waals surface area contributed by atoms with Crippen molar-refractivity contribution in [1.29, 1.82) is 0 Å². The number of hydrogen-bond donors (Lipinski definition) is 2. The molecule has 20 heteroatoms. The number of anilines is 1. The Labute approximate surface area is 786 Å². The topological polar surface area (TPSA) is 235 Å². The molecule has 0 amide bonds. The molecule has 630 valence electrons. The minimum atomic E-state index is -1.08. The summed E-state index contributed by atoms with van der Waals surface area (Å²) in [6.45, 7) is 39.8. The number of aliphatic hydroxyl groups excluding tert-OH is 1. The Morgan fingerprint density at radius 2 is 0.740 bits per heavy atom. The molecule has 8 aromatic carbocycles. The van der Waals surface area contributed by atoms with E-state index in [1.54, 1.807) is 6.92 Å². The van der Waals surface area contributed by atoms with Crippen molar-refractivity contribution in [3.8, 4) is 22.3 Å². The summed E-state index contributed by atoms with van der Waals surface area (Å²) in [4.78, 5) is 86.7. The second-order valence-electron chi connectivity index (χ2n) is 33.3. The Hall–Kier alpha value is -9.29. The number of nitrogens with zero attached hydrogens (tertiary/aromatic N) is 6. The van der Waals surface area contributed by atoms with Gasteiger partial charge in [-0.2, -0.15) is 0 Å². The molecule has 5 aliphatic heterocycles. The number of aromatic nitrogens is 3. The molecular formula is C103H111BBr2KN7O9. The van der Waals surface area contributed by atoms with Crippen molar-refractivity contribution in [2.24, 2.45) is 15.0 Å². The van der Waals surface area contributed by atoms with Crippen LogP contribution in [0.3, 0.4) is 0 Å². The van der Waals surface area contributed by atoms with Gasteiger partial charge in [0.15, 0.2) is 0 Å². The Morgan fingerprint density at radius 1 is 0.415 bits per heavy atom. The Morgan fingerprint density at radius 3 is 1.15 bits per heavy atom. The summed E-state index contributed by atoms with van der Waals surface area (Å²) in [6.07, 6.45) is 3.45. The fourth-order valence-corrected chi connectivity index (χ4v) is 16.0. The van der Waals surface area contributed by atoms with Gasteiger partial charge in [0.2, 0.25) is 0 Å². The summed E-state index contributed by atoms with van der Waals surface area (Å²) in [5.41, 5.74) is 35.2. The molecule has 16 nitrogen and oxygen atoms in total. The molecule has 0 radical (unpaired) electrons. The van der Waals surface area contributed by atoms with E-state index in [0.717, 1.165) is 157 Å². The maximum absolute atomic E-state index is 12.6. The number of nitrogens with one attached hydrogen (secondary N) is 1. The van der Waals surface area contributed by atoms with Gasteiger partial charge in [-0.1, -0.05) is 129 Å². The van der Waals surface area contributed by atoms with E-state index in [9.17, 15) is 19.2 Å². The van der Waals surface area contributed by atoms with Crippen LogP contribution in [0.25, 0.3) is 22.3 Å². The molecule has 5 aliphatic rings. The molecule has 16 rings (SSSR count). The van der Waals surface area contributed by atoms with E-state index in [-0.39, 0.29) is 87.2 Å².